The summed E-state index contributed by atoms with van der Waals surface area (Å²) in [6.45, 7) is 4.73. The summed E-state index contributed by atoms with van der Waals surface area (Å²) in [5.74, 6) is 1.94. The Morgan fingerprint density at radius 1 is 0.821 bits per heavy atom. The molecule has 0 saturated carbocycles. The fourth-order valence-electron chi connectivity index (χ4n) is 5.14. The maximum Gasteiger partial charge on any atom is -1.00 e. The normalized spacial score (nSPS) is 21.8. The molecule has 0 N–H and O–H groups in total. The molecule has 28 heavy (non-hydrogen) atoms. The molecule has 2 aliphatic carbocycles. The van der Waals surface area contributed by atoms with E-state index < -0.39 is 21.4 Å². The molecule has 1 saturated heterocycles. The fraction of sp³-hybridized carbons (Fsp3) is 0.360. The van der Waals surface area contributed by atoms with Crippen LogP contribution < -0.4 is 24.8 Å². The van der Waals surface area contributed by atoms with Crippen LogP contribution in [0.3, 0.4) is 0 Å². The minimum Gasteiger partial charge on any atom is -1.00 e. The molecule has 1 fully saturated rings. The van der Waals surface area contributed by atoms with E-state index in [4.69, 9.17) is 0 Å². The first-order valence-corrected chi connectivity index (χ1v) is 17.0. The Balaban J connectivity index is 0.00000112. The molecule has 2 aromatic rings. The molecule has 5 rings (SSSR count). The molecule has 0 amide bonds. The summed E-state index contributed by atoms with van der Waals surface area (Å²) in [6, 6.07) is 18.4. The molecule has 2 aromatic carbocycles. The topological polar surface area (TPSA) is 0 Å². The monoisotopic (exact) mass is 577 g/mol. The molecule has 145 valence electrons. The number of halogens is 2. The Morgan fingerprint density at radius 2 is 1.39 bits per heavy atom. The van der Waals surface area contributed by atoms with Gasteiger partial charge in [-0.3, -0.25) is 0 Å². The summed E-state index contributed by atoms with van der Waals surface area (Å²) >= 11 is -1.50. The van der Waals surface area contributed by atoms with E-state index in [0.29, 0.717) is 11.8 Å². The van der Waals surface area contributed by atoms with Crippen LogP contribution in [0, 0.1) is 5.92 Å². The van der Waals surface area contributed by atoms with Crippen LogP contribution in [0.1, 0.15) is 60.8 Å². The Bertz CT molecular complexity index is 908. The largest absolute Gasteiger partial charge is 1.00 e. The fourth-order valence-corrected chi connectivity index (χ4v) is 13.8. The van der Waals surface area contributed by atoms with Gasteiger partial charge in [0.2, 0.25) is 0 Å². The van der Waals surface area contributed by atoms with E-state index >= 15 is 0 Å². The third-order valence-electron chi connectivity index (χ3n) is 6.39. The molecule has 0 aromatic heterocycles. The maximum atomic E-state index is 2.63. The molecule has 0 bridgehead atoms. The van der Waals surface area contributed by atoms with Crippen molar-refractivity contribution in [2.24, 2.45) is 5.92 Å². The van der Waals surface area contributed by atoms with Gasteiger partial charge in [-0.1, -0.05) is 0 Å². The SMILES string of the molecule is CC(C)CC1=Cc2ccccc2C1C1[C]([Hf+2]2[CH2]C[CH2]2)=Cc2ccccc21.[Cl-].[Cl-]. The van der Waals surface area contributed by atoms with Crippen molar-refractivity contribution in [1.82, 2.24) is 0 Å². The zero-order chi connectivity index (χ0) is 17.7. The number of rotatable bonds is 4. The molecule has 1 heterocycles. The first kappa shape index (κ1) is 22.1. The molecule has 3 heteroatoms. The van der Waals surface area contributed by atoms with E-state index in [0.717, 1.165) is 5.92 Å². The van der Waals surface area contributed by atoms with Crippen LogP contribution in [0.5, 0.6) is 0 Å². The molecule has 3 aliphatic rings. The zero-order valence-electron chi connectivity index (χ0n) is 16.6. The van der Waals surface area contributed by atoms with Crippen molar-refractivity contribution >= 4 is 12.2 Å². The third kappa shape index (κ3) is 3.75. The van der Waals surface area contributed by atoms with Crippen molar-refractivity contribution in [3.63, 3.8) is 0 Å². The maximum absolute atomic E-state index is 2.63. The van der Waals surface area contributed by atoms with Crippen LogP contribution in [0.2, 0.25) is 8.35 Å². The van der Waals surface area contributed by atoms with Crippen molar-refractivity contribution < 1.29 is 46.3 Å². The van der Waals surface area contributed by atoms with Gasteiger partial charge in [-0.15, -0.1) is 0 Å². The Morgan fingerprint density at radius 3 is 1.96 bits per heavy atom. The van der Waals surface area contributed by atoms with Crippen LogP contribution >= 0.6 is 0 Å². The van der Waals surface area contributed by atoms with E-state index in [-0.39, 0.29) is 24.8 Å². The predicted molar refractivity (Wildman–Crippen MR) is 108 cm³/mol. The summed E-state index contributed by atoms with van der Waals surface area (Å²) in [4.78, 5) is 0. The van der Waals surface area contributed by atoms with Crippen LogP contribution in [0.15, 0.2) is 57.4 Å². The van der Waals surface area contributed by atoms with Crippen LogP contribution in [-0.4, -0.2) is 0 Å². The van der Waals surface area contributed by atoms with Crippen molar-refractivity contribution in [2.45, 2.75) is 46.9 Å². The molecule has 2 atom stereocenters. The van der Waals surface area contributed by atoms with E-state index in [1.54, 1.807) is 25.1 Å². The van der Waals surface area contributed by atoms with Gasteiger partial charge in [0.1, 0.15) is 0 Å². The second-order valence-corrected chi connectivity index (χ2v) is 18.6. The second-order valence-electron chi connectivity index (χ2n) is 8.59. The average molecular weight is 577 g/mol. The van der Waals surface area contributed by atoms with Crippen molar-refractivity contribution in [2.75, 3.05) is 0 Å². The van der Waals surface area contributed by atoms with Gasteiger partial charge in [-0.05, 0) is 0 Å². The van der Waals surface area contributed by atoms with Gasteiger partial charge in [0.25, 0.3) is 0 Å². The molecule has 0 radical (unpaired) electrons. The Labute approximate surface area is 189 Å². The molecule has 0 nitrogen and oxygen atoms in total. The Hall–Kier alpha value is -0.630. The first-order chi connectivity index (χ1) is 12.7. The summed E-state index contributed by atoms with van der Waals surface area (Å²) in [6.07, 6.45) is 7.88. The summed E-state index contributed by atoms with van der Waals surface area (Å²) in [7, 11) is 0. The molecular formula is C25H27Cl2Hf. The third-order valence-corrected chi connectivity index (χ3v) is 17.8. The molecular weight excluding hydrogens is 550 g/mol. The van der Waals surface area contributed by atoms with E-state index in [9.17, 15) is 0 Å². The number of fused-ring (bicyclic) bond motifs is 2. The summed E-state index contributed by atoms with van der Waals surface area (Å²) in [5.41, 5.74) is 7.87. The van der Waals surface area contributed by atoms with Crippen molar-refractivity contribution in [1.29, 1.82) is 0 Å². The van der Waals surface area contributed by atoms with Crippen LogP contribution in [-0.2, 0) is 21.4 Å². The van der Waals surface area contributed by atoms with Crippen LogP contribution in [0.25, 0.3) is 12.2 Å². The molecule has 2 unspecified atom stereocenters. The number of benzene rings is 2. The van der Waals surface area contributed by atoms with Crippen molar-refractivity contribution in [3.05, 3.63) is 79.7 Å². The summed E-state index contributed by atoms with van der Waals surface area (Å²) in [5, 5.41) is 0. The zero-order valence-corrected chi connectivity index (χ0v) is 21.7. The van der Waals surface area contributed by atoms with Gasteiger partial charge in [-0.25, -0.2) is 0 Å². The average Bonchev–Trinajstić information content (AvgIpc) is 3.10. The molecule has 0 spiro atoms. The van der Waals surface area contributed by atoms with Crippen LogP contribution in [0.4, 0.5) is 0 Å². The standard InChI is InChI=1S/C22H21.C3H6.2ClH.Hf/c1-15(2)13-18-14-17-8-4-6-10-20(17)22(18)21-12-11-16-7-3-5-9-19(16)21;1-3-2;;;/h3-11,14-15,21-22H,13H2,1-2H3;1-3H2;2*1H;/q;;;;+2/p-2. The van der Waals surface area contributed by atoms with Crippen molar-refractivity contribution in [3.8, 4) is 0 Å². The number of hydrogen-bond acceptors (Lipinski definition) is 0. The van der Waals surface area contributed by atoms with E-state index in [2.05, 4.69) is 74.5 Å². The number of allylic oxidation sites excluding steroid dienone is 2. The predicted octanol–water partition coefficient (Wildman–Crippen LogP) is 1.22. The van der Waals surface area contributed by atoms with Gasteiger partial charge in [0.05, 0.1) is 0 Å². The minimum absolute atomic E-state index is 0. The Kier molecular flexibility index (Phi) is 7.11. The second kappa shape index (κ2) is 9.02. The van der Waals surface area contributed by atoms with E-state index in [1.807, 2.05) is 3.33 Å². The first-order valence-electron chi connectivity index (χ1n) is 10.2. The number of hydrogen-bond donors (Lipinski definition) is 0. The smallest absolute Gasteiger partial charge is 1.00 e. The molecule has 1 aliphatic heterocycles. The quantitative estimate of drug-likeness (QED) is 0.481. The van der Waals surface area contributed by atoms with Gasteiger partial charge < -0.3 is 24.8 Å². The summed E-state index contributed by atoms with van der Waals surface area (Å²) < 4.78 is 5.12. The van der Waals surface area contributed by atoms with Gasteiger partial charge in [0, 0.05) is 0 Å². The van der Waals surface area contributed by atoms with E-state index in [1.165, 1.54) is 24.0 Å². The van der Waals surface area contributed by atoms with Gasteiger partial charge in [0.15, 0.2) is 0 Å². The minimum atomic E-state index is -1.50. The van der Waals surface area contributed by atoms with Gasteiger partial charge >= 0.3 is 166 Å². The van der Waals surface area contributed by atoms with Gasteiger partial charge in [-0.2, -0.15) is 0 Å².